The van der Waals surface area contributed by atoms with Gasteiger partial charge in [-0.1, -0.05) is 48.5 Å². The summed E-state index contributed by atoms with van der Waals surface area (Å²) in [4.78, 5) is 12.1. The number of aromatic nitrogens is 1. The molecule has 4 rings (SSSR count). The Morgan fingerprint density at radius 1 is 1.07 bits per heavy atom. The fraction of sp³-hybridized carbons (Fsp3) is 0.400. The van der Waals surface area contributed by atoms with Gasteiger partial charge in [-0.15, -0.1) is 0 Å². The number of hydrogen-bond acceptors (Lipinski definition) is 3. The van der Waals surface area contributed by atoms with Crippen LogP contribution in [0, 0.1) is 13.8 Å². The molecule has 0 fully saturated rings. The molecule has 0 radical (unpaired) electrons. The summed E-state index contributed by atoms with van der Waals surface area (Å²) in [6.07, 6.45) is 5.03. The maximum Gasteiger partial charge on any atom is 0.284 e. The number of H-pyrrole nitrogens is 1. The van der Waals surface area contributed by atoms with E-state index in [9.17, 15) is 4.79 Å². The standard InChI is InChI=1S/C25H30N2O2/c1-17-9-3-5-11-19(17)21(20-12-6-4-10-18(20)2)13-8-16-26-22-14-7-15-23-24(22)25(28)27-29-23/h3-6,9-12,21-22,26H,7-8,13-16H2,1-2H3,(H,27,28). The fourth-order valence-corrected chi connectivity index (χ4v) is 4.71. The Labute approximate surface area is 172 Å². The highest BCUT2D eigenvalue weighted by atomic mass is 16.5. The van der Waals surface area contributed by atoms with Crippen molar-refractivity contribution in [2.24, 2.45) is 0 Å². The molecule has 1 aliphatic carbocycles. The number of rotatable bonds is 7. The maximum absolute atomic E-state index is 12.1. The summed E-state index contributed by atoms with van der Waals surface area (Å²) in [6, 6.07) is 17.5. The van der Waals surface area contributed by atoms with Crippen molar-refractivity contribution in [3.63, 3.8) is 0 Å². The molecular weight excluding hydrogens is 360 g/mol. The van der Waals surface area contributed by atoms with E-state index in [0.717, 1.165) is 50.0 Å². The predicted octanol–water partition coefficient (Wildman–Crippen LogP) is 5.16. The van der Waals surface area contributed by atoms with E-state index in [0.29, 0.717) is 5.92 Å². The molecule has 1 atom stereocenters. The molecule has 1 aliphatic rings. The van der Waals surface area contributed by atoms with Crippen LogP contribution in [0.1, 0.15) is 71.2 Å². The first-order valence-corrected chi connectivity index (χ1v) is 10.7. The first kappa shape index (κ1) is 19.7. The van der Waals surface area contributed by atoms with E-state index < -0.39 is 0 Å². The maximum atomic E-state index is 12.1. The van der Waals surface area contributed by atoms with Crippen LogP contribution in [0.2, 0.25) is 0 Å². The van der Waals surface area contributed by atoms with Crippen molar-refractivity contribution in [3.05, 3.63) is 92.5 Å². The van der Waals surface area contributed by atoms with Gasteiger partial charge in [-0.25, -0.2) is 0 Å². The SMILES string of the molecule is Cc1ccccc1C(CCCNC1CCCc2o[nH]c(=O)c21)c1ccccc1C. The van der Waals surface area contributed by atoms with Crippen LogP contribution >= 0.6 is 0 Å². The van der Waals surface area contributed by atoms with E-state index >= 15 is 0 Å². The van der Waals surface area contributed by atoms with E-state index in [4.69, 9.17) is 4.52 Å². The fourth-order valence-electron chi connectivity index (χ4n) is 4.71. The number of nitrogens with one attached hydrogen (secondary N) is 2. The lowest BCUT2D eigenvalue weighted by Crippen LogP contribution is -2.29. The molecule has 0 spiro atoms. The molecule has 2 aromatic carbocycles. The summed E-state index contributed by atoms with van der Waals surface area (Å²) in [6.45, 7) is 5.30. The van der Waals surface area contributed by atoms with Gasteiger partial charge in [-0.2, -0.15) is 5.16 Å². The molecule has 2 N–H and O–H groups in total. The lowest BCUT2D eigenvalue weighted by atomic mass is 9.83. The van der Waals surface area contributed by atoms with E-state index in [2.05, 4.69) is 72.9 Å². The zero-order chi connectivity index (χ0) is 20.2. The van der Waals surface area contributed by atoms with Gasteiger partial charge in [0.25, 0.3) is 5.56 Å². The van der Waals surface area contributed by atoms with Crippen molar-refractivity contribution >= 4 is 0 Å². The third kappa shape index (κ3) is 4.23. The number of hydrogen-bond donors (Lipinski definition) is 2. The summed E-state index contributed by atoms with van der Waals surface area (Å²) in [7, 11) is 0. The zero-order valence-corrected chi connectivity index (χ0v) is 17.3. The normalized spacial score (nSPS) is 16.2. The molecule has 4 heteroatoms. The van der Waals surface area contributed by atoms with Crippen LogP contribution in [0.4, 0.5) is 0 Å². The average Bonchev–Trinajstić information content (AvgIpc) is 3.11. The van der Waals surface area contributed by atoms with E-state index in [1.54, 1.807) is 0 Å². The molecule has 1 unspecified atom stereocenters. The second-order valence-corrected chi connectivity index (χ2v) is 8.18. The minimum absolute atomic E-state index is 0.0742. The van der Waals surface area contributed by atoms with Gasteiger partial charge in [0.1, 0.15) is 5.76 Å². The molecule has 1 aromatic heterocycles. The van der Waals surface area contributed by atoms with Crippen LogP contribution in [0.25, 0.3) is 0 Å². The molecule has 4 nitrogen and oxygen atoms in total. The Hall–Kier alpha value is -2.59. The van der Waals surface area contributed by atoms with Crippen LogP contribution in [0.5, 0.6) is 0 Å². The van der Waals surface area contributed by atoms with Crippen molar-refractivity contribution in [2.75, 3.05) is 6.54 Å². The van der Waals surface area contributed by atoms with E-state index in [-0.39, 0.29) is 11.6 Å². The molecule has 3 aromatic rings. The van der Waals surface area contributed by atoms with Crippen molar-refractivity contribution < 1.29 is 4.52 Å². The Bertz CT molecular complexity index is 972. The minimum Gasteiger partial charge on any atom is -0.383 e. The third-order valence-corrected chi connectivity index (χ3v) is 6.25. The lowest BCUT2D eigenvalue weighted by molar-refractivity contribution is 0.352. The van der Waals surface area contributed by atoms with E-state index in [1.807, 2.05) is 0 Å². The van der Waals surface area contributed by atoms with Crippen LogP contribution < -0.4 is 10.9 Å². The number of aromatic amines is 1. The molecule has 29 heavy (non-hydrogen) atoms. The Balaban J connectivity index is 1.46. The topological polar surface area (TPSA) is 58.0 Å². The molecule has 0 bridgehead atoms. The van der Waals surface area contributed by atoms with E-state index in [1.165, 1.54) is 22.3 Å². The van der Waals surface area contributed by atoms with Crippen molar-refractivity contribution in [2.45, 2.75) is 57.9 Å². The van der Waals surface area contributed by atoms with Gasteiger partial charge >= 0.3 is 0 Å². The molecule has 0 amide bonds. The summed E-state index contributed by atoms with van der Waals surface area (Å²) < 4.78 is 5.33. The van der Waals surface area contributed by atoms with Gasteiger partial charge in [0, 0.05) is 18.4 Å². The third-order valence-electron chi connectivity index (χ3n) is 6.25. The van der Waals surface area contributed by atoms with Crippen molar-refractivity contribution in [1.29, 1.82) is 0 Å². The Morgan fingerprint density at radius 3 is 2.38 bits per heavy atom. The Morgan fingerprint density at radius 2 is 1.72 bits per heavy atom. The number of fused-ring (bicyclic) bond motifs is 1. The van der Waals surface area contributed by atoms with Crippen LogP contribution in [0.15, 0.2) is 57.8 Å². The minimum atomic E-state index is -0.0742. The van der Waals surface area contributed by atoms with Crippen LogP contribution in [0.3, 0.4) is 0 Å². The molecule has 0 saturated carbocycles. The highest BCUT2D eigenvalue weighted by molar-refractivity contribution is 5.40. The molecule has 0 aliphatic heterocycles. The summed E-state index contributed by atoms with van der Waals surface area (Å²) in [5.41, 5.74) is 6.24. The Kier molecular flexibility index (Phi) is 6.00. The molecule has 152 valence electrons. The van der Waals surface area contributed by atoms with Gasteiger partial charge in [-0.05, 0) is 68.3 Å². The second-order valence-electron chi connectivity index (χ2n) is 8.18. The first-order chi connectivity index (χ1) is 14.1. The smallest absolute Gasteiger partial charge is 0.284 e. The molecule has 0 saturated heterocycles. The monoisotopic (exact) mass is 390 g/mol. The highest BCUT2D eigenvalue weighted by Crippen LogP contribution is 2.33. The first-order valence-electron chi connectivity index (χ1n) is 10.7. The summed E-state index contributed by atoms with van der Waals surface area (Å²) >= 11 is 0. The predicted molar refractivity (Wildman–Crippen MR) is 116 cm³/mol. The van der Waals surface area contributed by atoms with Gasteiger partial charge in [0.05, 0.1) is 5.56 Å². The lowest BCUT2D eigenvalue weighted by Gasteiger charge is -2.24. The summed E-state index contributed by atoms with van der Waals surface area (Å²) in [5, 5.41) is 6.11. The average molecular weight is 391 g/mol. The second kappa shape index (κ2) is 8.83. The van der Waals surface area contributed by atoms with Gasteiger partial charge in [0.2, 0.25) is 0 Å². The summed E-state index contributed by atoms with van der Waals surface area (Å²) in [5.74, 6) is 1.22. The highest BCUT2D eigenvalue weighted by Gasteiger charge is 2.26. The largest absolute Gasteiger partial charge is 0.383 e. The number of aryl methyl sites for hydroxylation is 3. The van der Waals surface area contributed by atoms with Gasteiger partial charge < -0.3 is 9.84 Å². The number of benzene rings is 2. The molecular formula is C25H30N2O2. The van der Waals surface area contributed by atoms with Crippen molar-refractivity contribution in [3.8, 4) is 0 Å². The van der Waals surface area contributed by atoms with Crippen molar-refractivity contribution in [1.82, 2.24) is 10.5 Å². The zero-order valence-electron chi connectivity index (χ0n) is 17.3. The molecule has 1 heterocycles. The van der Waals surface area contributed by atoms with Gasteiger partial charge in [-0.3, -0.25) is 4.79 Å². The quantitative estimate of drug-likeness (QED) is 0.548. The van der Waals surface area contributed by atoms with Crippen LogP contribution in [-0.4, -0.2) is 11.7 Å². The van der Waals surface area contributed by atoms with Crippen LogP contribution in [-0.2, 0) is 6.42 Å². The van der Waals surface area contributed by atoms with Gasteiger partial charge in [0.15, 0.2) is 0 Å².